The monoisotopic (exact) mass is 405 g/mol. The minimum absolute atomic E-state index is 0.00776. The molecule has 0 bridgehead atoms. The van der Waals surface area contributed by atoms with Gasteiger partial charge in [0.05, 0.1) is 17.1 Å². The fourth-order valence-corrected chi connectivity index (χ4v) is 5.57. The van der Waals surface area contributed by atoms with Crippen molar-refractivity contribution in [3.63, 3.8) is 0 Å². The summed E-state index contributed by atoms with van der Waals surface area (Å²) in [6.45, 7) is 1.95. The van der Waals surface area contributed by atoms with E-state index in [4.69, 9.17) is 0 Å². The van der Waals surface area contributed by atoms with Gasteiger partial charge in [-0.15, -0.1) is 11.3 Å². The number of Topliss-reactive ketones (excluding diaryl/α,β-unsaturated/α-hetero) is 1. The molecule has 142 valence electrons. The third-order valence-electron chi connectivity index (χ3n) is 4.75. The highest BCUT2D eigenvalue weighted by atomic mass is 32.2. The molecule has 9 heteroatoms. The molecule has 1 aliphatic carbocycles. The summed E-state index contributed by atoms with van der Waals surface area (Å²) in [7, 11) is -3.71. The van der Waals surface area contributed by atoms with Gasteiger partial charge in [0.1, 0.15) is 0 Å². The molecule has 1 N–H and O–H groups in total. The molecular weight excluding hydrogens is 386 g/mol. The second-order valence-electron chi connectivity index (χ2n) is 6.83. The average Bonchev–Trinajstić information content (AvgIpc) is 3.42. The fourth-order valence-electron chi connectivity index (χ4n) is 3.01. The maximum Gasteiger partial charge on any atom is 0.243 e. The van der Waals surface area contributed by atoms with Crippen molar-refractivity contribution in [2.24, 2.45) is 5.92 Å². The van der Waals surface area contributed by atoms with Gasteiger partial charge in [0.25, 0.3) is 0 Å². The highest BCUT2D eigenvalue weighted by Crippen LogP contribution is 2.34. The predicted octanol–water partition coefficient (Wildman–Crippen LogP) is 2.44. The molecular formula is C18H19N3O4S2. The molecule has 1 saturated carbocycles. The molecule has 27 heavy (non-hydrogen) atoms. The van der Waals surface area contributed by atoms with Crippen molar-refractivity contribution >= 4 is 38.2 Å². The predicted molar refractivity (Wildman–Crippen MR) is 101 cm³/mol. The Morgan fingerprint density at radius 1 is 1.30 bits per heavy atom. The van der Waals surface area contributed by atoms with E-state index in [1.165, 1.54) is 34.7 Å². The van der Waals surface area contributed by atoms with Crippen LogP contribution in [-0.4, -0.2) is 35.9 Å². The molecule has 4 rings (SSSR count). The number of hydrogen-bond acceptors (Lipinski definition) is 6. The smallest absolute Gasteiger partial charge is 0.243 e. The Morgan fingerprint density at radius 3 is 2.78 bits per heavy atom. The number of thiazole rings is 1. The number of aromatic nitrogens is 1. The third-order valence-corrected chi connectivity index (χ3v) is 7.59. The maximum atomic E-state index is 13.0. The summed E-state index contributed by atoms with van der Waals surface area (Å²) in [6, 6.07) is 6.11. The first-order valence-electron chi connectivity index (χ1n) is 8.75. The van der Waals surface area contributed by atoms with E-state index in [2.05, 4.69) is 10.3 Å². The van der Waals surface area contributed by atoms with Gasteiger partial charge in [0.2, 0.25) is 15.9 Å². The van der Waals surface area contributed by atoms with Crippen LogP contribution in [0.2, 0.25) is 0 Å². The SMILES string of the molecule is CC(=O)c1cccc(S(=O)(=O)N2CCc3nc(NC(=O)C4CC4)sc3C2)c1. The largest absolute Gasteiger partial charge is 0.302 e. The van der Waals surface area contributed by atoms with Crippen LogP contribution in [0.1, 0.15) is 40.7 Å². The Balaban J connectivity index is 1.54. The Kier molecular flexibility index (Phi) is 4.61. The molecule has 1 aromatic carbocycles. The van der Waals surface area contributed by atoms with E-state index in [1.807, 2.05) is 0 Å². The summed E-state index contributed by atoms with van der Waals surface area (Å²) >= 11 is 1.33. The highest BCUT2D eigenvalue weighted by molar-refractivity contribution is 7.89. The zero-order valence-corrected chi connectivity index (χ0v) is 16.4. The Morgan fingerprint density at radius 2 is 2.07 bits per heavy atom. The molecule has 2 aromatic rings. The quantitative estimate of drug-likeness (QED) is 0.771. The van der Waals surface area contributed by atoms with Crippen LogP contribution >= 0.6 is 11.3 Å². The number of nitrogens with zero attached hydrogens (tertiary/aromatic N) is 2. The molecule has 0 atom stereocenters. The first kappa shape index (κ1) is 18.3. The summed E-state index contributed by atoms with van der Waals surface area (Å²) in [5, 5.41) is 3.37. The van der Waals surface area contributed by atoms with Gasteiger partial charge in [-0.05, 0) is 31.9 Å². The molecule has 1 amide bonds. The molecule has 2 heterocycles. The van der Waals surface area contributed by atoms with Crippen molar-refractivity contribution in [2.75, 3.05) is 11.9 Å². The van der Waals surface area contributed by atoms with Crippen molar-refractivity contribution in [3.8, 4) is 0 Å². The van der Waals surface area contributed by atoms with Crippen LogP contribution in [0.3, 0.4) is 0 Å². The Labute approximate surface area is 161 Å². The summed E-state index contributed by atoms with van der Waals surface area (Å²) < 4.78 is 27.4. The molecule has 1 aromatic heterocycles. The van der Waals surface area contributed by atoms with Gasteiger partial charge in [-0.2, -0.15) is 4.31 Å². The van der Waals surface area contributed by atoms with Crippen LogP contribution in [0, 0.1) is 5.92 Å². The minimum Gasteiger partial charge on any atom is -0.302 e. The summed E-state index contributed by atoms with van der Waals surface area (Å²) in [5.41, 5.74) is 1.21. The maximum absolute atomic E-state index is 13.0. The van der Waals surface area contributed by atoms with Crippen molar-refractivity contribution in [1.29, 1.82) is 0 Å². The van der Waals surface area contributed by atoms with Gasteiger partial charge in [-0.25, -0.2) is 13.4 Å². The minimum atomic E-state index is -3.71. The van der Waals surface area contributed by atoms with Crippen LogP contribution in [0.4, 0.5) is 5.13 Å². The van der Waals surface area contributed by atoms with Crippen molar-refractivity contribution in [1.82, 2.24) is 9.29 Å². The molecule has 0 unspecified atom stereocenters. The van der Waals surface area contributed by atoms with Crippen LogP contribution in [0.5, 0.6) is 0 Å². The van der Waals surface area contributed by atoms with Gasteiger partial charge in [-0.1, -0.05) is 12.1 Å². The van der Waals surface area contributed by atoms with Crippen LogP contribution < -0.4 is 5.32 Å². The lowest BCUT2D eigenvalue weighted by Crippen LogP contribution is -2.35. The van der Waals surface area contributed by atoms with E-state index in [9.17, 15) is 18.0 Å². The lowest BCUT2D eigenvalue weighted by Gasteiger charge is -2.25. The molecule has 0 spiro atoms. The zero-order valence-electron chi connectivity index (χ0n) is 14.8. The molecule has 0 radical (unpaired) electrons. The van der Waals surface area contributed by atoms with Gasteiger partial charge in [-0.3, -0.25) is 9.59 Å². The fraction of sp³-hybridized carbons (Fsp3) is 0.389. The standard InChI is InChI=1S/C18H19N3O4S2/c1-11(22)13-3-2-4-14(9-13)27(24,25)21-8-7-15-16(10-21)26-18(19-15)20-17(23)12-5-6-12/h2-4,9,12H,5-8,10H2,1H3,(H,19,20,23). The van der Waals surface area contributed by atoms with Crippen molar-refractivity contribution in [2.45, 2.75) is 37.6 Å². The average molecular weight is 406 g/mol. The lowest BCUT2D eigenvalue weighted by molar-refractivity contribution is -0.117. The van der Waals surface area contributed by atoms with Crippen molar-refractivity contribution in [3.05, 3.63) is 40.4 Å². The highest BCUT2D eigenvalue weighted by Gasteiger charge is 2.33. The normalized spacial score (nSPS) is 17.4. The molecule has 1 aliphatic heterocycles. The van der Waals surface area contributed by atoms with E-state index >= 15 is 0 Å². The molecule has 7 nitrogen and oxygen atoms in total. The number of amides is 1. The van der Waals surface area contributed by atoms with E-state index in [0.717, 1.165) is 23.4 Å². The first-order chi connectivity index (χ1) is 12.8. The number of fused-ring (bicyclic) bond motifs is 1. The number of hydrogen-bond donors (Lipinski definition) is 1. The number of sulfonamides is 1. The Bertz CT molecular complexity index is 1020. The third kappa shape index (κ3) is 3.67. The van der Waals surface area contributed by atoms with Gasteiger partial charge < -0.3 is 5.32 Å². The topological polar surface area (TPSA) is 96.4 Å². The molecule has 2 aliphatic rings. The van der Waals surface area contributed by atoms with Crippen molar-refractivity contribution < 1.29 is 18.0 Å². The molecule has 1 fully saturated rings. The summed E-state index contributed by atoms with van der Waals surface area (Å²) in [4.78, 5) is 28.9. The number of anilines is 1. The summed E-state index contributed by atoms with van der Waals surface area (Å²) in [6.07, 6.45) is 2.33. The second kappa shape index (κ2) is 6.81. The second-order valence-corrected chi connectivity index (χ2v) is 9.85. The van der Waals surface area contributed by atoms with Crippen LogP contribution in [-0.2, 0) is 27.8 Å². The number of carbonyl (C=O) groups excluding carboxylic acids is 2. The first-order valence-corrected chi connectivity index (χ1v) is 11.0. The number of benzene rings is 1. The zero-order chi connectivity index (χ0) is 19.2. The number of carbonyl (C=O) groups is 2. The van der Waals surface area contributed by atoms with Crippen LogP contribution in [0.25, 0.3) is 0 Å². The lowest BCUT2D eigenvalue weighted by atomic mass is 10.2. The number of rotatable bonds is 5. The van der Waals surface area contributed by atoms with Crippen LogP contribution in [0.15, 0.2) is 29.2 Å². The number of nitrogens with one attached hydrogen (secondary N) is 1. The Hall–Kier alpha value is -2.10. The number of ketones is 1. The van der Waals surface area contributed by atoms with Gasteiger partial charge in [0.15, 0.2) is 10.9 Å². The van der Waals surface area contributed by atoms with E-state index < -0.39 is 10.0 Å². The van der Waals surface area contributed by atoms with Gasteiger partial charge >= 0.3 is 0 Å². The molecule has 0 saturated heterocycles. The van der Waals surface area contributed by atoms with E-state index in [-0.39, 0.29) is 29.0 Å². The van der Waals surface area contributed by atoms with Gasteiger partial charge in [0, 0.05) is 29.3 Å². The van der Waals surface area contributed by atoms with E-state index in [1.54, 1.807) is 12.1 Å². The summed E-state index contributed by atoms with van der Waals surface area (Å²) in [5.74, 6) is -0.0885. The van der Waals surface area contributed by atoms with E-state index in [0.29, 0.717) is 23.7 Å².